The number of benzene rings is 1. The number of nitrogens with one attached hydrogen (secondary N) is 1. The molecular formula is C15H17Cl3N2O3. The van der Waals surface area contributed by atoms with Crippen LogP contribution in [0.5, 0.6) is 5.75 Å². The number of hydrogen-bond donors (Lipinski definition) is 1. The van der Waals surface area contributed by atoms with Crippen molar-refractivity contribution in [2.45, 2.75) is 30.7 Å². The molecule has 1 unspecified atom stereocenters. The Bertz CT molecular complexity index is 629. The average molecular weight is 380 g/mol. The molecule has 0 bridgehead atoms. The van der Waals surface area contributed by atoms with E-state index in [0.717, 1.165) is 0 Å². The van der Waals surface area contributed by atoms with Crippen LogP contribution in [0.1, 0.15) is 20.8 Å². The van der Waals surface area contributed by atoms with Crippen LogP contribution in [0.15, 0.2) is 18.2 Å². The van der Waals surface area contributed by atoms with E-state index in [9.17, 15) is 9.59 Å². The van der Waals surface area contributed by atoms with Crippen LogP contribution in [0.25, 0.3) is 0 Å². The third kappa shape index (κ3) is 4.22. The number of carbonyl (C=O) groups excluding carboxylic acids is 2. The molecule has 1 aromatic carbocycles. The Labute approximate surface area is 149 Å². The topological polar surface area (TPSA) is 58.6 Å². The van der Waals surface area contributed by atoms with Crippen LogP contribution in [0.3, 0.4) is 0 Å². The van der Waals surface area contributed by atoms with E-state index in [1.54, 1.807) is 30.0 Å². The highest BCUT2D eigenvalue weighted by atomic mass is 35.6. The van der Waals surface area contributed by atoms with Gasteiger partial charge in [-0.15, -0.1) is 0 Å². The number of carbonyl (C=O) groups is 2. The maximum Gasteiger partial charge on any atom is 0.276 e. The number of amides is 2. The molecule has 0 spiro atoms. The van der Waals surface area contributed by atoms with Crippen LogP contribution >= 0.6 is 34.8 Å². The minimum absolute atomic E-state index is 0.0933. The van der Waals surface area contributed by atoms with E-state index in [1.807, 2.05) is 13.8 Å². The fraction of sp³-hybridized carbons (Fsp3) is 0.467. The minimum atomic E-state index is -2.05. The summed E-state index contributed by atoms with van der Waals surface area (Å²) in [5.74, 6) is -0.0496. The van der Waals surface area contributed by atoms with Crippen LogP contribution in [-0.2, 0) is 9.59 Å². The van der Waals surface area contributed by atoms with Gasteiger partial charge in [0.25, 0.3) is 15.6 Å². The third-order valence-electron chi connectivity index (χ3n) is 3.23. The first-order valence-electron chi connectivity index (χ1n) is 7.10. The van der Waals surface area contributed by atoms with Gasteiger partial charge in [-0.3, -0.25) is 9.59 Å². The zero-order chi connectivity index (χ0) is 17.4. The smallest absolute Gasteiger partial charge is 0.276 e. The summed E-state index contributed by atoms with van der Waals surface area (Å²) in [5.41, 5.74) is 1.08. The Balaban J connectivity index is 2.30. The number of ether oxygens (including phenoxy) is 1. The van der Waals surface area contributed by atoms with E-state index in [1.165, 1.54) is 0 Å². The highest BCUT2D eigenvalue weighted by Gasteiger charge is 2.33. The lowest BCUT2D eigenvalue weighted by Crippen LogP contribution is -2.46. The van der Waals surface area contributed by atoms with Crippen molar-refractivity contribution < 1.29 is 14.3 Å². The van der Waals surface area contributed by atoms with Crippen LogP contribution in [0.2, 0.25) is 0 Å². The van der Waals surface area contributed by atoms with Gasteiger partial charge in [-0.2, -0.15) is 0 Å². The maximum absolute atomic E-state index is 12.3. The Hall–Kier alpha value is -1.17. The van der Waals surface area contributed by atoms with Gasteiger partial charge in [-0.25, -0.2) is 0 Å². The van der Waals surface area contributed by atoms with Gasteiger partial charge in [-0.1, -0.05) is 48.7 Å². The molecule has 1 aliphatic heterocycles. The van der Waals surface area contributed by atoms with Crippen molar-refractivity contribution in [3.8, 4) is 5.75 Å². The second kappa shape index (κ2) is 6.75. The number of hydrogen-bond acceptors (Lipinski definition) is 3. The molecule has 2 rings (SSSR count). The molecule has 0 aromatic heterocycles. The van der Waals surface area contributed by atoms with E-state index in [4.69, 9.17) is 39.5 Å². The monoisotopic (exact) mass is 378 g/mol. The summed E-state index contributed by atoms with van der Waals surface area (Å²) in [6.45, 7) is 6.33. The molecular weight excluding hydrogens is 363 g/mol. The molecule has 1 atom stereocenters. The third-order valence-corrected chi connectivity index (χ3v) is 3.75. The zero-order valence-corrected chi connectivity index (χ0v) is 15.2. The molecule has 0 radical (unpaired) electrons. The minimum Gasteiger partial charge on any atom is -0.479 e. The summed E-state index contributed by atoms with van der Waals surface area (Å²) in [5, 5.41) is 2.50. The number of anilines is 2. The predicted octanol–water partition coefficient (Wildman–Crippen LogP) is 3.77. The second-order valence-electron chi connectivity index (χ2n) is 5.74. The summed E-state index contributed by atoms with van der Waals surface area (Å²) in [6.07, 6.45) is -0.597. The zero-order valence-electron chi connectivity index (χ0n) is 12.9. The van der Waals surface area contributed by atoms with Crippen molar-refractivity contribution in [2.75, 3.05) is 16.8 Å². The summed E-state index contributed by atoms with van der Waals surface area (Å²) in [6, 6.07) is 4.95. The summed E-state index contributed by atoms with van der Waals surface area (Å²) < 4.78 is 3.57. The van der Waals surface area contributed by atoms with E-state index in [2.05, 4.69) is 5.32 Å². The summed E-state index contributed by atoms with van der Waals surface area (Å²) in [4.78, 5) is 25.7. The van der Waals surface area contributed by atoms with Crippen molar-refractivity contribution in [1.82, 2.24) is 0 Å². The van der Waals surface area contributed by atoms with E-state index < -0.39 is 15.8 Å². The van der Waals surface area contributed by atoms with Crippen LogP contribution in [0, 0.1) is 5.92 Å². The number of alkyl halides is 3. The molecule has 1 aromatic rings. The van der Waals surface area contributed by atoms with Gasteiger partial charge in [-0.05, 0) is 25.0 Å². The Morgan fingerprint density at radius 1 is 1.39 bits per heavy atom. The molecule has 0 saturated heterocycles. The Morgan fingerprint density at radius 3 is 2.61 bits per heavy atom. The molecule has 1 heterocycles. The van der Waals surface area contributed by atoms with Gasteiger partial charge in [0.2, 0.25) is 0 Å². The first-order valence-corrected chi connectivity index (χ1v) is 8.23. The Kier molecular flexibility index (Phi) is 5.33. The van der Waals surface area contributed by atoms with Crippen molar-refractivity contribution in [1.29, 1.82) is 0 Å². The lowest BCUT2D eigenvalue weighted by Gasteiger charge is -2.34. The first-order chi connectivity index (χ1) is 10.6. The summed E-state index contributed by atoms with van der Waals surface area (Å²) in [7, 11) is 0. The van der Waals surface area contributed by atoms with Crippen molar-refractivity contribution in [2.24, 2.45) is 5.92 Å². The average Bonchev–Trinajstić information content (AvgIpc) is 2.42. The fourth-order valence-electron chi connectivity index (χ4n) is 2.24. The molecule has 1 N–H and O–H groups in total. The highest BCUT2D eigenvalue weighted by Crippen LogP contribution is 2.37. The quantitative estimate of drug-likeness (QED) is 0.813. The lowest BCUT2D eigenvalue weighted by atomic mass is 10.1. The first kappa shape index (κ1) is 18.2. The van der Waals surface area contributed by atoms with Crippen LogP contribution in [-0.4, -0.2) is 28.3 Å². The molecule has 8 heteroatoms. The maximum atomic E-state index is 12.3. The van der Waals surface area contributed by atoms with Crippen LogP contribution < -0.4 is 15.0 Å². The predicted molar refractivity (Wildman–Crippen MR) is 92.6 cm³/mol. The van der Waals surface area contributed by atoms with Crippen molar-refractivity contribution in [3.63, 3.8) is 0 Å². The highest BCUT2D eigenvalue weighted by molar-refractivity contribution is 6.76. The second-order valence-corrected chi connectivity index (χ2v) is 8.02. The molecule has 5 nitrogen and oxygen atoms in total. The standard InChI is InChI=1S/C15H17Cl3N2O3/c1-8(2)7-20-11-5-4-10(19-14(22)15(16,17)18)6-12(11)23-9(3)13(20)21/h4-6,8-9H,7H2,1-3H3,(H,19,22). The van der Waals surface area contributed by atoms with Gasteiger partial charge < -0.3 is 15.0 Å². The molecule has 126 valence electrons. The van der Waals surface area contributed by atoms with Gasteiger partial charge in [0, 0.05) is 18.3 Å². The van der Waals surface area contributed by atoms with Crippen molar-refractivity contribution >= 4 is 58.0 Å². The Morgan fingerprint density at radius 2 is 2.04 bits per heavy atom. The number of rotatable bonds is 3. The molecule has 0 saturated carbocycles. The number of halogens is 3. The number of nitrogens with zero attached hydrogens (tertiary/aromatic N) is 1. The van der Waals surface area contributed by atoms with Crippen molar-refractivity contribution in [3.05, 3.63) is 18.2 Å². The van der Waals surface area contributed by atoms with Gasteiger partial charge in [0.15, 0.2) is 6.10 Å². The molecule has 0 fully saturated rings. The van der Waals surface area contributed by atoms with E-state index >= 15 is 0 Å². The van der Waals surface area contributed by atoms with Gasteiger partial charge >= 0.3 is 0 Å². The van der Waals surface area contributed by atoms with E-state index in [-0.39, 0.29) is 5.91 Å². The largest absolute Gasteiger partial charge is 0.479 e. The number of fused-ring (bicyclic) bond motifs is 1. The summed E-state index contributed by atoms with van der Waals surface area (Å²) >= 11 is 16.6. The molecule has 2 amide bonds. The van der Waals surface area contributed by atoms with E-state index in [0.29, 0.717) is 29.6 Å². The normalized spacial score (nSPS) is 17.8. The molecule has 1 aliphatic rings. The van der Waals surface area contributed by atoms with Crippen LogP contribution in [0.4, 0.5) is 11.4 Å². The SMILES string of the molecule is CC(C)CN1C(=O)C(C)Oc2cc(NC(=O)C(Cl)(Cl)Cl)ccc21. The lowest BCUT2D eigenvalue weighted by molar-refractivity contribution is -0.125. The molecule has 23 heavy (non-hydrogen) atoms. The van der Waals surface area contributed by atoms with Gasteiger partial charge in [0.1, 0.15) is 5.75 Å². The fourth-order valence-corrected chi connectivity index (χ4v) is 2.39. The molecule has 0 aliphatic carbocycles. The van der Waals surface area contributed by atoms with Gasteiger partial charge in [0.05, 0.1) is 5.69 Å².